The summed E-state index contributed by atoms with van der Waals surface area (Å²) in [6.07, 6.45) is 6.20. The van der Waals surface area contributed by atoms with E-state index in [4.69, 9.17) is 19.0 Å². The molecular formula is C18H23NO5. The van der Waals surface area contributed by atoms with Crippen molar-refractivity contribution in [2.75, 3.05) is 34.4 Å². The van der Waals surface area contributed by atoms with Crippen LogP contribution in [-0.4, -0.2) is 45.5 Å². The van der Waals surface area contributed by atoms with Crippen LogP contribution in [0.15, 0.2) is 43.5 Å². The predicted molar refractivity (Wildman–Crippen MR) is 93.2 cm³/mol. The Morgan fingerprint density at radius 2 is 1.58 bits per heavy atom. The van der Waals surface area contributed by atoms with Gasteiger partial charge in [-0.25, -0.2) is 4.79 Å². The number of ether oxygens (including phenoxy) is 3. The second kappa shape index (κ2) is 10.1. The molecule has 0 amide bonds. The lowest BCUT2D eigenvalue weighted by atomic mass is 10.1. The number of hydroxylamine groups is 2. The minimum Gasteiger partial charge on any atom is -0.493 e. The smallest absolute Gasteiger partial charge is 0.349 e. The first-order valence-electron chi connectivity index (χ1n) is 7.26. The summed E-state index contributed by atoms with van der Waals surface area (Å²) in [4.78, 5) is 17.1. The molecular weight excluding hydrogens is 310 g/mol. The van der Waals surface area contributed by atoms with Crippen molar-refractivity contribution in [1.29, 1.82) is 0 Å². The van der Waals surface area contributed by atoms with E-state index in [-0.39, 0.29) is 0 Å². The maximum Gasteiger partial charge on any atom is 0.349 e. The van der Waals surface area contributed by atoms with Crippen LogP contribution in [0.4, 0.5) is 0 Å². The molecule has 0 fully saturated rings. The van der Waals surface area contributed by atoms with E-state index in [1.807, 2.05) is 0 Å². The first-order valence-corrected chi connectivity index (χ1v) is 7.26. The van der Waals surface area contributed by atoms with Crippen molar-refractivity contribution in [2.24, 2.45) is 0 Å². The lowest BCUT2D eigenvalue weighted by Crippen LogP contribution is -2.26. The third-order valence-corrected chi connectivity index (χ3v) is 2.98. The van der Waals surface area contributed by atoms with Gasteiger partial charge in [0.15, 0.2) is 11.5 Å². The Balaban J connectivity index is 2.90. The van der Waals surface area contributed by atoms with Gasteiger partial charge >= 0.3 is 5.97 Å². The summed E-state index contributed by atoms with van der Waals surface area (Å²) in [5.74, 6) is 0.991. The first-order chi connectivity index (χ1) is 11.6. The summed E-state index contributed by atoms with van der Waals surface area (Å²) in [7, 11) is 4.59. The highest BCUT2D eigenvalue weighted by Gasteiger charge is 2.12. The van der Waals surface area contributed by atoms with E-state index in [0.29, 0.717) is 35.9 Å². The van der Waals surface area contributed by atoms with Crippen LogP contribution >= 0.6 is 0 Å². The summed E-state index contributed by atoms with van der Waals surface area (Å²) < 4.78 is 15.8. The van der Waals surface area contributed by atoms with Gasteiger partial charge in [0.2, 0.25) is 5.75 Å². The fraction of sp³-hybridized carbons (Fsp3) is 0.278. The summed E-state index contributed by atoms with van der Waals surface area (Å²) in [6.45, 7) is 8.05. The summed E-state index contributed by atoms with van der Waals surface area (Å²) in [6, 6.07) is 3.47. The van der Waals surface area contributed by atoms with Crippen LogP contribution in [0.3, 0.4) is 0 Å². The van der Waals surface area contributed by atoms with Crippen LogP contribution in [0.1, 0.15) is 5.56 Å². The zero-order chi connectivity index (χ0) is 17.9. The second-order valence-corrected chi connectivity index (χ2v) is 4.63. The van der Waals surface area contributed by atoms with Crippen LogP contribution in [0, 0.1) is 0 Å². The molecule has 1 aromatic carbocycles. The number of methoxy groups -OCH3 is 3. The van der Waals surface area contributed by atoms with Gasteiger partial charge in [-0.15, -0.1) is 18.2 Å². The highest BCUT2D eigenvalue weighted by molar-refractivity contribution is 5.87. The molecule has 0 spiro atoms. The zero-order valence-corrected chi connectivity index (χ0v) is 14.3. The van der Waals surface area contributed by atoms with Gasteiger partial charge < -0.3 is 19.0 Å². The molecule has 6 heteroatoms. The van der Waals surface area contributed by atoms with Gasteiger partial charge in [-0.1, -0.05) is 12.2 Å². The van der Waals surface area contributed by atoms with Crippen LogP contribution in [0.2, 0.25) is 0 Å². The number of carbonyl (C=O) groups is 1. The number of hydrogen-bond donors (Lipinski definition) is 0. The lowest BCUT2D eigenvalue weighted by Gasteiger charge is -2.16. The van der Waals surface area contributed by atoms with Gasteiger partial charge in [0.25, 0.3) is 0 Å². The highest BCUT2D eigenvalue weighted by atomic mass is 16.7. The van der Waals surface area contributed by atoms with E-state index in [2.05, 4.69) is 13.2 Å². The SMILES string of the molecule is C=CCN(CC=C)OC(=O)C=Cc1cc(OC)c(OC)c(OC)c1. The molecule has 1 rings (SSSR count). The van der Waals surface area contributed by atoms with E-state index in [1.165, 1.54) is 32.5 Å². The van der Waals surface area contributed by atoms with Gasteiger partial charge in [0.1, 0.15) is 0 Å². The molecule has 0 saturated carbocycles. The number of benzene rings is 1. The monoisotopic (exact) mass is 333 g/mol. The van der Waals surface area contributed by atoms with Gasteiger partial charge in [0.05, 0.1) is 34.4 Å². The summed E-state index contributed by atoms with van der Waals surface area (Å²) in [5.41, 5.74) is 0.709. The fourth-order valence-electron chi connectivity index (χ4n) is 1.96. The Bertz CT molecular complexity index is 574. The normalized spacial score (nSPS) is 10.5. The Morgan fingerprint density at radius 3 is 2.00 bits per heavy atom. The molecule has 0 bridgehead atoms. The number of rotatable bonds is 10. The van der Waals surface area contributed by atoms with Gasteiger partial charge in [-0.05, 0) is 23.8 Å². The molecule has 0 aliphatic heterocycles. The highest BCUT2D eigenvalue weighted by Crippen LogP contribution is 2.38. The molecule has 130 valence electrons. The standard InChI is InChI=1S/C18H23NO5/c1-6-10-19(11-7-2)24-17(20)9-8-14-12-15(21-3)18(23-5)16(13-14)22-4/h6-9,12-13H,1-2,10-11H2,3-5H3. The molecule has 1 aromatic rings. The quantitative estimate of drug-likeness (QED) is 0.373. The molecule has 0 radical (unpaired) electrons. The summed E-state index contributed by atoms with van der Waals surface area (Å²) in [5, 5.41) is 1.45. The Hall–Kier alpha value is -2.73. The Labute approximate surface area is 142 Å². The van der Waals surface area contributed by atoms with Crippen molar-refractivity contribution in [3.63, 3.8) is 0 Å². The third-order valence-electron chi connectivity index (χ3n) is 2.98. The maximum absolute atomic E-state index is 11.9. The average molecular weight is 333 g/mol. The minimum absolute atomic E-state index is 0.412. The molecule has 0 unspecified atom stereocenters. The average Bonchev–Trinajstić information content (AvgIpc) is 2.59. The topological polar surface area (TPSA) is 57.2 Å². The number of nitrogens with zero attached hydrogens (tertiary/aromatic N) is 1. The molecule has 0 aliphatic rings. The van der Waals surface area contributed by atoms with Crippen LogP contribution < -0.4 is 14.2 Å². The summed E-state index contributed by atoms with van der Waals surface area (Å²) >= 11 is 0. The van der Waals surface area contributed by atoms with E-state index >= 15 is 0 Å². The van der Waals surface area contributed by atoms with Gasteiger partial charge in [0, 0.05) is 6.08 Å². The molecule has 0 heterocycles. The molecule has 0 aromatic heterocycles. The lowest BCUT2D eigenvalue weighted by molar-refractivity contribution is -0.178. The molecule has 0 atom stereocenters. The third kappa shape index (κ3) is 5.48. The number of carbonyl (C=O) groups excluding carboxylic acids is 1. The van der Waals surface area contributed by atoms with Crippen molar-refractivity contribution in [3.8, 4) is 17.2 Å². The molecule has 6 nitrogen and oxygen atoms in total. The van der Waals surface area contributed by atoms with Crippen molar-refractivity contribution in [2.45, 2.75) is 0 Å². The Kier molecular flexibility index (Phi) is 8.15. The zero-order valence-electron chi connectivity index (χ0n) is 14.3. The van der Waals surface area contributed by atoms with Gasteiger partial charge in [-0.3, -0.25) is 0 Å². The van der Waals surface area contributed by atoms with E-state index < -0.39 is 5.97 Å². The molecule has 0 saturated heterocycles. The molecule has 24 heavy (non-hydrogen) atoms. The molecule has 0 aliphatic carbocycles. The van der Waals surface area contributed by atoms with Crippen LogP contribution in [-0.2, 0) is 9.63 Å². The van der Waals surface area contributed by atoms with E-state index in [9.17, 15) is 4.79 Å². The van der Waals surface area contributed by atoms with Crippen molar-refractivity contribution in [3.05, 3.63) is 49.1 Å². The van der Waals surface area contributed by atoms with Gasteiger partial charge in [-0.2, -0.15) is 0 Å². The fourth-order valence-corrected chi connectivity index (χ4v) is 1.96. The van der Waals surface area contributed by atoms with Crippen LogP contribution in [0.25, 0.3) is 6.08 Å². The first kappa shape index (κ1) is 19.3. The Morgan fingerprint density at radius 1 is 1.04 bits per heavy atom. The van der Waals surface area contributed by atoms with Crippen molar-refractivity contribution >= 4 is 12.0 Å². The largest absolute Gasteiger partial charge is 0.493 e. The number of hydrogen-bond acceptors (Lipinski definition) is 6. The van der Waals surface area contributed by atoms with Crippen molar-refractivity contribution in [1.82, 2.24) is 5.06 Å². The van der Waals surface area contributed by atoms with E-state index in [0.717, 1.165) is 0 Å². The maximum atomic E-state index is 11.9. The minimum atomic E-state index is -0.507. The predicted octanol–water partition coefficient (Wildman–Crippen LogP) is 2.86. The molecule has 0 N–H and O–H groups in total. The second-order valence-electron chi connectivity index (χ2n) is 4.63. The van der Waals surface area contributed by atoms with Crippen molar-refractivity contribution < 1.29 is 23.8 Å². The van der Waals surface area contributed by atoms with E-state index in [1.54, 1.807) is 30.4 Å². The van der Waals surface area contributed by atoms with Crippen LogP contribution in [0.5, 0.6) is 17.2 Å².